The number of likely N-dealkylation sites (tertiary alicyclic amines) is 1. The van der Waals surface area contributed by atoms with Crippen molar-refractivity contribution in [1.82, 2.24) is 25.5 Å². The van der Waals surface area contributed by atoms with Crippen LogP contribution in [0.2, 0.25) is 0 Å². The fourth-order valence-electron chi connectivity index (χ4n) is 5.50. The monoisotopic (exact) mass is 529 g/mol. The Morgan fingerprint density at radius 2 is 1.92 bits per heavy atom. The van der Waals surface area contributed by atoms with Crippen LogP contribution in [0.3, 0.4) is 0 Å². The SMILES string of the molecule is CC1CCCCN1C(=O)CC(NC(=O)C1CC(C)(C)C1)C(=O)N[C@@H](C)c1ncc(-c2ccc(F)cc2F)[nH]1. The van der Waals surface area contributed by atoms with Crippen LogP contribution in [-0.4, -0.2) is 51.2 Å². The topological polar surface area (TPSA) is 107 Å². The molecule has 2 fully saturated rings. The lowest BCUT2D eigenvalue weighted by atomic mass is 9.64. The zero-order chi connectivity index (χ0) is 27.6. The zero-order valence-corrected chi connectivity index (χ0v) is 22.4. The van der Waals surface area contributed by atoms with Gasteiger partial charge in [0.2, 0.25) is 17.7 Å². The van der Waals surface area contributed by atoms with Crippen LogP contribution >= 0.6 is 0 Å². The number of halogens is 2. The number of aromatic amines is 1. The zero-order valence-electron chi connectivity index (χ0n) is 22.4. The molecule has 206 valence electrons. The van der Waals surface area contributed by atoms with E-state index in [2.05, 4.69) is 34.4 Å². The Hall–Kier alpha value is -3.30. The van der Waals surface area contributed by atoms with E-state index < -0.39 is 29.6 Å². The van der Waals surface area contributed by atoms with Gasteiger partial charge in [0.05, 0.1) is 24.4 Å². The molecule has 2 heterocycles. The number of H-pyrrole nitrogens is 1. The first-order chi connectivity index (χ1) is 17.9. The molecule has 1 aromatic heterocycles. The summed E-state index contributed by atoms with van der Waals surface area (Å²) in [6.07, 6.45) is 5.64. The van der Waals surface area contributed by atoms with Gasteiger partial charge in [0.1, 0.15) is 23.5 Å². The molecule has 0 bridgehead atoms. The summed E-state index contributed by atoms with van der Waals surface area (Å²) in [6.45, 7) is 8.54. The lowest BCUT2D eigenvalue weighted by Crippen LogP contribution is -2.54. The van der Waals surface area contributed by atoms with E-state index in [0.29, 0.717) is 18.1 Å². The highest BCUT2D eigenvalue weighted by Crippen LogP contribution is 2.44. The maximum atomic E-state index is 14.2. The van der Waals surface area contributed by atoms with Crippen molar-refractivity contribution in [2.45, 2.75) is 84.3 Å². The van der Waals surface area contributed by atoms with Crippen molar-refractivity contribution in [3.8, 4) is 11.3 Å². The number of carbonyl (C=O) groups excluding carboxylic acids is 3. The first-order valence-electron chi connectivity index (χ1n) is 13.3. The van der Waals surface area contributed by atoms with E-state index in [-0.39, 0.29) is 41.2 Å². The molecule has 10 heteroatoms. The van der Waals surface area contributed by atoms with Gasteiger partial charge >= 0.3 is 0 Å². The number of rotatable bonds is 8. The largest absolute Gasteiger partial charge is 0.345 e. The summed E-state index contributed by atoms with van der Waals surface area (Å²) >= 11 is 0. The minimum Gasteiger partial charge on any atom is -0.345 e. The van der Waals surface area contributed by atoms with Gasteiger partial charge in [0, 0.05) is 30.1 Å². The summed E-state index contributed by atoms with van der Waals surface area (Å²) in [5.74, 6) is -2.11. The van der Waals surface area contributed by atoms with Crippen molar-refractivity contribution < 1.29 is 23.2 Å². The molecule has 1 aliphatic heterocycles. The highest BCUT2D eigenvalue weighted by molar-refractivity contribution is 5.93. The minimum absolute atomic E-state index is 0.0916. The molecule has 1 aromatic carbocycles. The summed E-state index contributed by atoms with van der Waals surface area (Å²) in [7, 11) is 0. The number of piperidine rings is 1. The number of aromatic nitrogens is 2. The summed E-state index contributed by atoms with van der Waals surface area (Å²) in [5.41, 5.74) is 0.581. The number of imidazole rings is 1. The molecule has 8 nitrogen and oxygen atoms in total. The minimum atomic E-state index is -1.03. The highest BCUT2D eigenvalue weighted by atomic mass is 19.1. The molecule has 0 radical (unpaired) electrons. The van der Waals surface area contributed by atoms with Crippen molar-refractivity contribution in [1.29, 1.82) is 0 Å². The van der Waals surface area contributed by atoms with Gasteiger partial charge in [-0.05, 0) is 63.5 Å². The molecule has 1 saturated carbocycles. The van der Waals surface area contributed by atoms with Crippen molar-refractivity contribution >= 4 is 17.7 Å². The molecule has 2 aliphatic rings. The Labute approximate surface area is 222 Å². The quantitative estimate of drug-likeness (QED) is 0.475. The van der Waals surface area contributed by atoms with Crippen molar-refractivity contribution in [3.63, 3.8) is 0 Å². The van der Waals surface area contributed by atoms with Crippen LogP contribution in [0, 0.1) is 23.0 Å². The molecule has 1 saturated heterocycles. The van der Waals surface area contributed by atoms with E-state index >= 15 is 0 Å². The summed E-state index contributed by atoms with van der Waals surface area (Å²) in [6, 6.07) is 1.70. The molecule has 3 amide bonds. The average molecular weight is 530 g/mol. The van der Waals surface area contributed by atoms with Crippen LogP contribution < -0.4 is 10.6 Å². The Morgan fingerprint density at radius 3 is 2.58 bits per heavy atom. The van der Waals surface area contributed by atoms with Crippen molar-refractivity contribution in [2.24, 2.45) is 11.3 Å². The number of hydrogen-bond donors (Lipinski definition) is 3. The fraction of sp³-hybridized carbons (Fsp3) is 0.571. The third-order valence-electron chi connectivity index (χ3n) is 7.69. The second-order valence-electron chi connectivity index (χ2n) is 11.5. The Balaban J connectivity index is 1.45. The second-order valence-corrected chi connectivity index (χ2v) is 11.5. The van der Waals surface area contributed by atoms with Gasteiger partial charge in [0.25, 0.3) is 0 Å². The molecular weight excluding hydrogens is 492 g/mol. The van der Waals surface area contributed by atoms with Gasteiger partial charge in [0.15, 0.2) is 0 Å². The van der Waals surface area contributed by atoms with Crippen molar-refractivity contribution in [2.75, 3.05) is 6.54 Å². The molecule has 3 N–H and O–H groups in total. The standard InChI is InChI=1S/C28H37F2N5O3/c1-16-7-5-6-10-35(16)24(36)12-22(34-26(37)18-13-28(3,4)14-18)27(38)32-17(2)25-31-15-23(33-25)20-9-8-19(29)11-21(20)30/h8-9,11,15-18,22H,5-7,10,12-14H2,1-4H3,(H,31,33)(H,32,38)(H,34,37)/t16?,17-,22?/m0/s1. The van der Waals surface area contributed by atoms with Gasteiger partial charge < -0.3 is 20.5 Å². The van der Waals surface area contributed by atoms with Gasteiger partial charge in [-0.3, -0.25) is 14.4 Å². The van der Waals surface area contributed by atoms with Gasteiger partial charge in [-0.2, -0.15) is 0 Å². The van der Waals surface area contributed by atoms with Gasteiger partial charge in [-0.1, -0.05) is 13.8 Å². The highest BCUT2D eigenvalue weighted by Gasteiger charge is 2.41. The molecule has 3 atom stereocenters. The summed E-state index contributed by atoms with van der Waals surface area (Å²) in [4.78, 5) is 48.4. The fourth-order valence-corrected chi connectivity index (χ4v) is 5.50. The van der Waals surface area contributed by atoms with E-state index in [1.807, 2.05) is 6.92 Å². The Morgan fingerprint density at radius 1 is 1.18 bits per heavy atom. The first-order valence-corrected chi connectivity index (χ1v) is 13.3. The van der Waals surface area contributed by atoms with Crippen LogP contribution in [0.25, 0.3) is 11.3 Å². The molecule has 1 aliphatic carbocycles. The van der Waals surface area contributed by atoms with Crippen LogP contribution in [0.5, 0.6) is 0 Å². The summed E-state index contributed by atoms with van der Waals surface area (Å²) < 4.78 is 27.5. The molecule has 0 spiro atoms. The number of nitrogens with one attached hydrogen (secondary N) is 3. The molecule has 2 aromatic rings. The van der Waals surface area contributed by atoms with E-state index in [9.17, 15) is 23.2 Å². The predicted molar refractivity (Wildman–Crippen MR) is 139 cm³/mol. The van der Waals surface area contributed by atoms with E-state index in [1.54, 1.807) is 11.8 Å². The van der Waals surface area contributed by atoms with Crippen LogP contribution in [0.15, 0.2) is 24.4 Å². The number of carbonyl (C=O) groups is 3. The first kappa shape index (κ1) is 27.7. The third-order valence-corrected chi connectivity index (χ3v) is 7.69. The molecule has 4 rings (SSSR count). The molecule has 38 heavy (non-hydrogen) atoms. The number of benzene rings is 1. The molecule has 2 unspecified atom stereocenters. The number of nitrogens with zero attached hydrogens (tertiary/aromatic N) is 2. The lowest BCUT2D eigenvalue weighted by Gasteiger charge is -2.42. The summed E-state index contributed by atoms with van der Waals surface area (Å²) in [5, 5.41) is 5.66. The number of hydrogen-bond acceptors (Lipinski definition) is 4. The van der Waals surface area contributed by atoms with Crippen LogP contribution in [0.4, 0.5) is 8.78 Å². The van der Waals surface area contributed by atoms with Crippen LogP contribution in [0.1, 0.15) is 78.1 Å². The normalized spacial score (nSPS) is 20.8. The predicted octanol–water partition coefficient (Wildman–Crippen LogP) is 4.24. The number of amides is 3. The van der Waals surface area contributed by atoms with Crippen LogP contribution in [-0.2, 0) is 14.4 Å². The van der Waals surface area contributed by atoms with E-state index in [4.69, 9.17) is 0 Å². The Bertz CT molecular complexity index is 1190. The maximum Gasteiger partial charge on any atom is 0.243 e. The van der Waals surface area contributed by atoms with E-state index in [0.717, 1.165) is 44.2 Å². The Kier molecular flexibility index (Phi) is 8.18. The average Bonchev–Trinajstić information content (AvgIpc) is 3.32. The van der Waals surface area contributed by atoms with Gasteiger partial charge in [-0.25, -0.2) is 13.8 Å². The second kappa shape index (κ2) is 11.2. The van der Waals surface area contributed by atoms with Gasteiger partial charge in [-0.15, -0.1) is 0 Å². The maximum absolute atomic E-state index is 14.2. The smallest absolute Gasteiger partial charge is 0.243 e. The molecular formula is C28H37F2N5O3. The van der Waals surface area contributed by atoms with Crippen molar-refractivity contribution in [3.05, 3.63) is 41.9 Å². The van der Waals surface area contributed by atoms with E-state index in [1.165, 1.54) is 12.3 Å². The lowest BCUT2D eigenvalue weighted by molar-refractivity contribution is -0.140. The third kappa shape index (κ3) is 6.39.